The van der Waals surface area contributed by atoms with Gasteiger partial charge in [0.25, 0.3) is 0 Å². The lowest BCUT2D eigenvalue weighted by Gasteiger charge is -2.22. The van der Waals surface area contributed by atoms with Crippen LogP contribution in [0.3, 0.4) is 0 Å². The number of unbranched alkanes of at least 4 members (excludes halogenated alkanes) is 1. The van der Waals surface area contributed by atoms with Crippen LogP contribution in [0.15, 0.2) is 0 Å². The van der Waals surface area contributed by atoms with Gasteiger partial charge in [-0.05, 0) is 33.6 Å². The Bertz CT molecular complexity index is 311. The molecule has 0 aromatic heterocycles. The number of carboxylic acids is 1. The molecule has 0 fully saturated rings. The number of hydrogen-bond acceptors (Lipinski definition) is 5. The maximum absolute atomic E-state index is 11.6. The number of carbonyl (C=O) groups is 2. The summed E-state index contributed by atoms with van der Waals surface area (Å²) in [5, 5.41) is 8.98. The number of hydrogen-bond donors (Lipinski definition) is 2. The molecule has 0 aromatic carbocycles. The number of ether oxygens (including phenoxy) is 2. The molecule has 6 heteroatoms. The number of rotatable bonds is 9. The lowest BCUT2D eigenvalue weighted by molar-refractivity contribution is -0.157. The predicted molar refractivity (Wildman–Crippen MR) is 75.3 cm³/mol. The molecule has 2 atom stereocenters. The topological polar surface area (TPSA) is 98.9 Å². The van der Waals surface area contributed by atoms with Crippen LogP contribution in [-0.4, -0.2) is 41.4 Å². The van der Waals surface area contributed by atoms with E-state index in [1.807, 2.05) is 6.92 Å². The average molecular weight is 289 g/mol. The third-order valence-electron chi connectivity index (χ3n) is 2.55. The van der Waals surface area contributed by atoms with Crippen molar-refractivity contribution in [2.45, 2.75) is 71.1 Å². The van der Waals surface area contributed by atoms with E-state index in [2.05, 4.69) is 0 Å². The molecule has 0 heterocycles. The van der Waals surface area contributed by atoms with Crippen LogP contribution in [0.5, 0.6) is 0 Å². The third kappa shape index (κ3) is 8.87. The Hall–Kier alpha value is -1.14. The second-order valence-electron chi connectivity index (χ2n) is 5.77. The van der Waals surface area contributed by atoms with E-state index in [-0.39, 0.29) is 13.0 Å². The molecule has 118 valence electrons. The summed E-state index contributed by atoms with van der Waals surface area (Å²) >= 11 is 0. The number of aliphatic carboxylic acids is 1. The molecule has 0 rings (SSSR count). The Balaban J connectivity index is 4.07. The van der Waals surface area contributed by atoms with Crippen LogP contribution >= 0.6 is 0 Å². The summed E-state index contributed by atoms with van der Waals surface area (Å²) in [4.78, 5) is 22.6. The van der Waals surface area contributed by atoms with E-state index in [0.717, 1.165) is 12.8 Å². The van der Waals surface area contributed by atoms with E-state index in [4.69, 9.17) is 20.3 Å². The van der Waals surface area contributed by atoms with Gasteiger partial charge in [-0.25, -0.2) is 4.79 Å². The summed E-state index contributed by atoms with van der Waals surface area (Å²) in [7, 11) is 0. The van der Waals surface area contributed by atoms with Gasteiger partial charge in [0.2, 0.25) is 0 Å². The Kier molecular flexibility index (Phi) is 8.41. The standard InChI is InChI=1S/C14H27NO5/c1-5-6-7-11(12(16)17)19-9-8-10(15)13(18)20-14(2,3)4/h10-11H,5-9,15H2,1-4H3,(H,16,17). The highest BCUT2D eigenvalue weighted by molar-refractivity contribution is 5.75. The molecule has 2 unspecified atom stereocenters. The third-order valence-corrected chi connectivity index (χ3v) is 2.55. The van der Waals surface area contributed by atoms with Crippen LogP contribution in [0.4, 0.5) is 0 Å². The summed E-state index contributed by atoms with van der Waals surface area (Å²) < 4.78 is 10.4. The second kappa shape index (κ2) is 8.92. The van der Waals surface area contributed by atoms with Crippen LogP contribution in [0.2, 0.25) is 0 Å². The summed E-state index contributed by atoms with van der Waals surface area (Å²) in [5.41, 5.74) is 5.10. The van der Waals surface area contributed by atoms with Crippen molar-refractivity contribution in [1.29, 1.82) is 0 Å². The van der Waals surface area contributed by atoms with Crippen molar-refractivity contribution < 1.29 is 24.2 Å². The molecule has 3 N–H and O–H groups in total. The van der Waals surface area contributed by atoms with Gasteiger partial charge in [0.15, 0.2) is 6.10 Å². The molecule has 0 radical (unpaired) electrons. The van der Waals surface area contributed by atoms with E-state index in [0.29, 0.717) is 6.42 Å². The molecule has 0 aromatic rings. The number of nitrogens with two attached hydrogens (primary N) is 1. The van der Waals surface area contributed by atoms with Crippen molar-refractivity contribution in [2.75, 3.05) is 6.61 Å². The van der Waals surface area contributed by atoms with Crippen LogP contribution in [0.1, 0.15) is 53.4 Å². The highest BCUT2D eigenvalue weighted by Crippen LogP contribution is 2.10. The fourth-order valence-electron chi connectivity index (χ4n) is 1.50. The summed E-state index contributed by atoms with van der Waals surface area (Å²) in [5.74, 6) is -1.48. The highest BCUT2D eigenvalue weighted by atomic mass is 16.6. The van der Waals surface area contributed by atoms with E-state index in [1.165, 1.54) is 0 Å². The zero-order valence-electron chi connectivity index (χ0n) is 12.8. The zero-order valence-corrected chi connectivity index (χ0v) is 12.8. The molecule has 0 aliphatic rings. The first-order chi connectivity index (χ1) is 9.17. The van der Waals surface area contributed by atoms with E-state index in [1.54, 1.807) is 20.8 Å². The normalized spacial score (nSPS) is 14.7. The number of esters is 1. The van der Waals surface area contributed by atoms with E-state index >= 15 is 0 Å². The Labute approximate surface area is 120 Å². The van der Waals surface area contributed by atoms with Crippen molar-refractivity contribution in [1.82, 2.24) is 0 Å². The Morgan fingerprint density at radius 1 is 1.25 bits per heavy atom. The first-order valence-corrected chi connectivity index (χ1v) is 7.00. The van der Waals surface area contributed by atoms with Gasteiger partial charge in [0.05, 0.1) is 0 Å². The molecule has 0 spiro atoms. The lowest BCUT2D eigenvalue weighted by atomic mass is 10.1. The smallest absolute Gasteiger partial charge is 0.332 e. The zero-order chi connectivity index (χ0) is 15.8. The summed E-state index contributed by atoms with van der Waals surface area (Å²) in [6.07, 6.45) is 1.57. The fourth-order valence-corrected chi connectivity index (χ4v) is 1.50. The Morgan fingerprint density at radius 3 is 2.30 bits per heavy atom. The van der Waals surface area contributed by atoms with Gasteiger partial charge in [-0.1, -0.05) is 19.8 Å². The Morgan fingerprint density at radius 2 is 1.85 bits per heavy atom. The lowest BCUT2D eigenvalue weighted by Crippen LogP contribution is -2.38. The monoisotopic (exact) mass is 289 g/mol. The molecule has 0 aliphatic carbocycles. The van der Waals surface area contributed by atoms with Gasteiger partial charge in [-0.15, -0.1) is 0 Å². The minimum absolute atomic E-state index is 0.126. The fraction of sp³-hybridized carbons (Fsp3) is 0.857. The molecule has 20 heavy (non-hydrogen) atoms. The quantitative estimate of drug-likeness (QED) is 0.627. The second-order valence-corrected chi connectivity index (χ2v) is 5.77. The average Bonchev–Trinajstić information content (AvgIpc) is 2.30. The molecule has 0 saturated carbocycles. The SMILES string of the molecule is CCCCC(OCCC(N)C(=O)OC(C)(C)C)C(=O)O. The molecule has 0 amide bonds. The maximum Gasteiger partial charge on any atom is 0.332 e. The van der Waals surface area contributed by atoms with Gasteiger partial charge < -0.3 is 20.3 Å². The van der Waals surface area contributed by atoms with Gasteiger partial charge in [-0.2, -0.15) is 0 Å². The molecular weight excluding hydrogens is 262 g/mol. The minimum atomic E-state index is -0.982. The largest absolute Gasteiger partial charge is 0.479 e. The molecule has 6 nitrogen and oxygen atoms in total. The van der Waals surface area contributed by atoms with E-state index < -0.39 is 29.7 Å². The molecule has 0 saturated heterocycles. The van der Waals surface area contributed by atoms with Crippen molar-refractivity contribution in [3.8, 4) is 0 Å². The van der Waals surface area contributed by atoms with Crippen molar-refractivity contribution in [3.05, 3.63) is 0 Å². The van der Waals surface area contributed by atoms with Crippen LogP contribution in [0, 0.1) is 0 Å². The van der Waals surface area contributed by atoms with Gasteiger partial charge in [0.1, 0.15) is 11.6 Å². The van der Waals surface area contributed by atoms with E-state index in [9.17, 15) is 9.59 Å². The van der Waals surface area contributed by atoms with Gasteiger partial charge in [0, 0.05) is 6.61 Å². The van der Waals surface area contributed by atoms with Crippen LogP contribution in [-0.2, 0) is 19.1 Å². The maximum atomic E-state index is 11.6. The first kappa shape index (κ1) is 18.9. The van der Waals surface area contributed by atoms with Gasteiger partial charge >= 0.3 is 11.9 Å². The van der Waals surface area contributed by atoms with Crippen molar-refractivity contribution >= 4 is 11.9 Å². The summed E-state index contributed by atoms with van der Waals surface area (Å²) in [6.45, 7) is 7.40. The van der Waals surface area contributed by atoms with Crippen molar-refractivity contribution in [3.63, 3.8) is 0 Å². The predicted octanol–water partition coefficient (Wildman–Crippen LogP) is 1.71. The van der Waals surface area contributed by atoms with Crippen LogP contribution in [0.25, 0.3) is 0 Å². The van der Waals surface area contributed by atoms with Crippen molar-refractivity contribution in [2.24, 2.45) is 5.73 Å². The summed E-state index contributed by atoms with van der Waals surface area (Å²) in [6, 6.07) is -0.796. The first-order valence-electron chi connectivity index (χ1n) is 7.00. The number of carboxylic acid groups (broad SMARTS) is 1. The van der Waals surface area contributed by atoms with Crippen LogP contribution < -0.4 is 5.73 Å². The molecule has 0 aliphatic heterocycles. The molecular formula is C14H27NO5. The number of carbonyl (C=O) groups excluding carboxylic acids is 1. The minimum Gasteiger partial charge on any atom is -0.479 e. The highest BCUT2D eigenvalue weighted by Gasteiger charge is 2.23. The molecule has 0 bridgehead atoms. The van der Waals surface area contributed by atoms with Gasteiger partial charge in [-0.3, -0.25) is 4.79 Å².